The summed E-state index contributed by atoms with van der Waals surface area (Å²) in [4.78, 5) is 8.97. The lowest BCUT2D eigenvalue weighted by atomic mass is 10.3. The van der Waals surface area contributed by atoms with E-state index in [1.165, 1.54) is 12.8 Å². The van der Waals surface area contributed by atoms with Gasteiger partial charge in [0.15, 0.2) is 0 Å². The van der Waals surface area contributed by atoms with Gasteiger partial charge in [-0.05, 0) is 24.7 Å². The Labute approximate surface area is 93.5 Å². The normalized spacial score (nSPS) is 15.9. The number of hydrogen-bond acceptors (Lipinski definition) is 3. The molecule has 1 saturated carbocycles. The molecule has 0 radical (unpaired) electrons. The minimum Gasteiger partial charge on any atom is -0.236 e. The first-order chi connectivity index (χ1) is 6.83. The van der Waals surface area contributed by atoms with Crippen molar-refractivity contribution in [1.82, 2.24) is 9.97 Å². The van der Waals surface area contributed by atoms with Crippen LogP contribution in [-0.2, 0) is 5.88 Å². The first kappa shape index (κ1) is 10.2. The van der Waals surface area contributed by atoms with E-state index in [-0.39, 0.29) is 0 Å². The zero-order valence-electron chi connectivity index (χ0n) is 8.16. The van der Waals surface area contributed by atoms with Crippen LogP contribution in [0.15, 0.2) is 11.1 Å². The highest BCUT2D eigenvalue weighted by atomic mass is 35.5. The summed E-state index contributed by atoms with van der Waals surface area (Å²) in [5, 5.41) is 1.07. The van der Waals surface area contributed by atoms with Gasteiger partial charge in [0.2, 0.25) is 0 Å². The average molecular weight is 229 g/mol. The van der Waals surface area contributed by atoms with Gasteiger partial charge in [-0.1, -0.05) is 6.92 Å². The van der Waals surface area contributed by atoms with Crippen molar-refractivity contribution in [3.05, 3.63) is 17.6 Å². The second kappa shape index (κ2) is 4.49. The summed E-state index contributed by atoms with van der Waals surface area (Å²) in [5.74, 6) is 3.14. The summed E-state index contributed by atoms with van der Waals surface area (Å²) in [7, 11) is 0. The molecule has 0 bridgehead atoms. The molecule has 1 fully saturated rings. The quantitative estimate of drug-likeness (QED) is 0.450. The fourth-order valence-electron chi connectivity index (χ4n) is 1.31. The molecule has 0 spiro atoms. The van der Waals surface area contributed by atoms with E-state index in [4.69, 9.17) is 11.6 Å². The lowest BCUT2D eigenvalue weighted by Gasteiger charge is -2.04. The lowest BCUT2D eigenvalue weighted by Crippen LogP contribution is -1.98. The Morgan fingerprint density at radius 3 is 2.86 bits per heavy atom. The monoisotopic (exact) mass is 228 g/mol. The average Bonchev–Trinajstić information content (AvgIpc) is 3.01. The van der Waals surface area contributed by atoms with Crippen LogP contribution in [0, 0.1) is 0 Å². The second-order valence-corrected chi connectivity index (χ2v) is 4.95. The highest BCUT2D eigenvalue weighted by molar-refractivity contribution is 7.99. The summed E-state index contributed by atoms with van der Waals surface area (Å²) in [6.07, 6.45) is 2.48. The van der Waals surface area contributed by atoms with Gasteiger partial charge in [-0.15, -0.1) is 23.4 Å². The maximum absolute atomic E-state index is 5.80. The summed E-state index contributed by atoms with van der Waals surface area (Å²) in [6, 6.07) is 1.99. The molecule has 0 unspecified atom stereocenters. The highest BCUT2D eigenvalue weighted by Gasteiger charge is 2.27. The van der Waals surface area contributed by atoms with E-state index in [1.54, 1.807) is 11.8 Å². The molecule has 0 amide bonds. The first-order valence-electron chi connectivity index (χ1n) is 4.90. The molecular weight excluding hydrogens is 216 g/mol. The number of aromatic nitrogens is 2. The van der Waals surface area contributed by atoms with Crippen molar-refractivity contribution in [3.63, 3.8) is 0 Å². The van der Waals surface area contributed by atoms with Crippen molar-refractivity contribution in [2.45, 2.75) is 36.6 Å². The summed E-state index contributed by atoms with van der Waals surface area (Å²) < 4.78 is 0. The Balaban J connectivity index is 2.26. The molecule has 0 aliphatic heterocycles. The van der Waals surface area contributed by atoms with Gasteiger partial charge in [0.05, 0.1) is 11.6 Å². The van der Waals surface area contributed by atoms with Crippen molar-refractivity contribution < 1.29 is 0 Å². The van der Waals surface area contributed by atoms with Crippen molar-refractivity contribution in [1.29, 1.82) is 0 Å². The molecular formula is C10H13ClN2S. The number of halogens is 1. The topological polar surface area (TPSA) is 25.8 Å². The Bertz CT molecular complexity index is 326. The van der Waals surface area contributed by atoms with Crippen LogP contribution in [0.3, 0.4) is 0 Å². The van der Waals surface area contributed by atoms with Gasteiger partial charge in [-0.2, -0.15) is 0 Å². The molecule has 2 nitrogen and oxygen atoms in total. The number of rotatable bonds is 4. The fourth-order valence-corrected chi connectivity index (χ4v) is 2.12. The zero-order chi connectivity index (χ0) is 9.97. The van der Waals surface area contributed by atoms with Crippen LogP contribution < -0.4 is 0 Å². The molecule has 76 valence electrons. The third-order valence-corrected chi connectivity index (χ3v) is 3.21. The smallest absolute Gasteiger partial charge is 0.133 e. The minimum atomic E-state index is 0.486. The van der Waals surface area contributed by atoms with Crippen molar-refractivity contribution in [3.8, 4) is 0 Å². The maximum Gasteiger partial charge on any atom is 0.133 e. The van der Waals surface area contributed by atoms with Gasteiger partial charge in [-0.3, -0.25) is 0 Å². The van der Waals surface area contributed by atoms with Gasteiger partial charge >= 0.3 is 0 Å². The summed E-state index contributed by atoms with van der Waals surface area (Å²) >= 11 is 7.55. The minimum absolute atomic E-state index is 0.486. The van der Waals surface area contributed by atoms with Crippen LogP contribution >= 0.6 is 23.4 Å². The van der Waals surface area contributed by atoms with E-state index < -0.39 is 0 Å². The standard InChI is InChI=1S/C10H13ClN2S/c1-2-14-9-5-8(6-11)12-10(13-9)7-3-4-7/h5,7H,2-4,6H2,1H3. The van der Waals surface area contributed by atoms with E-state index in [0.717, 1.165) is 22.3 Å². The molecule has 4 heteroatoms. The number of thioether (sulfide) groups is 1. The Morgan fingerprint density at radius 2 is 2.29 bits per heavy atom. The number of hydrogen-bond donors (Lipinski definition) is 0. The van der Waals surface area contributed by atoms with Crippen LogP contribution in [0.4, 0.5) is 0 Å². The number of alkyl halides is 1. The molecule has 1 heterocycles. The summed E-state index contributed by atoms with van der Waals surface area (Å²) in [5.41, 5.74) is 0.958. The van der Waals surface area contributed by atoms with Crippen molar-refractivity contribution in [2.75, 3.05) is 5.75 Å². The van der Waals surface area contributed by atoms with E-state index in [9.17, 15) is 0 Å². The first-order valence-corrected chi connectivity index (χ1v) is 6.42. The molecule has 2 rings (SSSR count). The van der Waals surface area contributed by atoms with Gasteiger partial charge < -0.3 is 0 Å². The van der Waals surface area contributed by atoms with Crippen LogP contribution in [0.25, 0.3) is 0 Å². The third-order valence-electron chi connectivity index (χ3n) is 2.14. The highest BCUT2D eigenvalue weighted by Crippen LogP contribution is 2.38. The molecule has 1 aromatic rings. The Hall–Kier alpha value is -0.280. The molecule has 1 aliphatic carbocycles. The largest absolute Gasteiger partial charge is 0.236 e. The van der Waals surface area contributed by atoms with E-state index in [0.29, 0.717) is 11.8 Å². The molecule has 1 aliphatic rings. The number of nitrogens with zero attached hydrogens (tertiary/aromatic N) is 2. The van der Waals surface area contributed by atoms with Crippen molar-refractivity contribution in [2.24, 2.45) is 0 Å². The molecule has 0 aromatic carbocycles. The predicted octanol–water partition coefficient (Wildman–Crippen LogP) is 3.20. The van der Waals surface area contributed by atoms with E-state index >= 15 is 0 Å². The van der Waals surface area contributed by atoms with Gasteiger partial charge in [0.25, 0.3) is 0 Å². The fraction of sp³-hybridized carbons (Fsp3) is 0.600. The van der Waals surface area contributed by atoms with Gasteiger partial charge in [-0.25, -0.2) is 9.97 Å². The third kappa shape index (κ3) is 2.39. The van der Waals surface area contributed by atoms with Crippen LogP contribution in [0.2, 0.25) is 0 Å². The second-order valence-electron chi connectivity index (χ2n) is 3.40. The van der Waals surface area contributed by atoms with Crippen LogP contribution in [0.1, 0.15) is 37.2 Å². The van der Waals surface area contributed by atoms with E-state index in [1.807, 2.05) is 6.07 Å². The van der Waals surface area contributed by atoms with E-state index in [2.05, 4.69) is 16.9 Å². The molecule has 0 atom stereocenters. The SMILES string of the molecule is CCSc1cc(CCl)nc(C2CC2)n1. The predicted molar refractivity (Wildman–Crippen MR) is 60.0 cm³/mol. The maximum atomic E-state index is 5.80. The van der Waals surface area contributed by atoms with Gasteiger partial charge in [0.1, 0.15) is 10.9 Å². The van der Waals surface area contributed by atoms with Crippen LogP contribution in [0.5, 0.6) is 0 Å². The molecule has 14 heavy (non-hydrogen) atoms. The Morgan fingerprint density at radius 1 is 1.50 bits per heavy atom. The van der Waals surface area contributed by atoms with Crippen molar-refractivity contribution >= 4 is 23.4 Å². The molecule has 0 saturated heterocycles. The molecule has 0 N–H and O–H groups in total. The Kier molecular flexibility index (Phi) is 3.29. The van der Waals surface area contributed by atoms with Crippen LogP contribution in [-0.4, -0.2) is 15.7 Å². The van der Waals surface area contributed by atoms with Gasteiger partial charge in [0, 0.05) is 5.92 Å². The zero-order valence-corrected chi connectivity index (χ0v) is 9.74. The summed E-state index contributed by atoms with van der Waals surface area (Å²) in [6.45, 7) is 2.13. The lowest BCUT2D eigenvalue weighted by molar-refractivity contribution is 0.854. The molecule has 1 aromatic heterocycles.